The van der Waals surface area contributed by atoms with Gasteiger partial charge in [-0.3, -0.25) is 0 Å². The SMILES string of the molecule is Clc1ccc(COc2ccc(CNCC3CCNCC3)cc2)cc1.[Cl-].[Cl-]. The second-order valence-electron chi connectivity index (χ2n) is 6.38. The van der Waals surface area contributed by atoms with Crippen LogP contribution in [0.1, 0.15) is 24.0 Å². The Hall–Kier alpha value is -0.970. The Morgan fingerprint density at radius 3 is 2.19 bits per heavy atom. The highest BCUT2D eigenvalue weighted by molar-refractivity contribution is 6.30. The van der Waals surface area contributed by atoms with Crippen LogP contribution in [0.3, 0.4) is 0 Å². The van der Waals surface area contributed by atoms with Gasteiger partial charge in [0.25, 0.3) is 0 Å². The highest BCUT2D eigenvalue weighted by Gasteiger charge is 2.11. The van der Waals surface area contributed by atoms with Crippen molar-refractivity contribution < 1.29 is 29.6 Å². The topological polar surface area (TPSA) is 33.3 Å². The quantitative estimate of drug-likeness (QED) is 0.550. The number of benzene rings is 2. The average molecular weight is 416 g/mol. The first-order chi connectivity index (χ1) is 11.8. The summed E-state index contributed by atoms with van der Waals surface area (Å²) in [6, 6.07) is 16.1. The molecule has 1 saturated heterocycles. The summed E-state index contributed by atoms with van der Waals surface area (Å²) in [4.78, 5) is 0. The fourth-order valence-corrected chi connectivity index (χ4v) is 3.08. The number of piperidine rings is 1. The molecule has 144 valence electrons. The number of ether oxygens (including phenoxy) is 1. The molecule has 2 N–H and O–H groups in total. The number of hydrogen-bond acceptors (Lipinski definition) is 3. The molecule has 0 aliphatic carbocycles. The van der Waals surface area contributed by atoms with Gasteiger partial charge in [0.05, 0.1) is 0 Å². The van der Waals surface area contributed by atoms with E-state index in [1.54, 1.807) is 0 Å². The molecule has 3 nitrogen and oxygen atoms in total. The van der Waals surface area contributed by atoms with Gasteiger partial charge in [0.15, 0.2) is 0 Å². The molecule has 0 bridgehead atoms. The molecule has 0 spiro atoms. The van der Waals surface area contributed by atoms with Crippen molar-refractivity contribution in [2.24, 2.45) is 5.92 Å². The molecule has 1 heterocycles. The van der Waals surface area contributed by atoms with Crippen LogP contribution in [-0.2, 0) is 13.2 Å². The second kappa shape index (κ2) is 12.4. The fraction of sp³-hybridized carbons (Fsp3) is 0.400. The van der Waals surface area contributed by atoms with Gasteiger partial charge in [0.1, 0.15) is 12.4 Å². The smallest absolute Gasteiger partial charge is 0.119 e. The van der Waals surface area contributed by atoms with Gasteiger partial charge >= 0.3 is 0 Å². The fourth-order valence-electron chi connectivity index (χ4n) is 2.96. The van der Waals surface area contributed by atoms with Crippen molar-refractivity contribution in [2.75, 3.05) is 19.6 Å². The molecular formula is C20H25Cl3N2O-2. The van der Waals surface area contributed by atoms with Gasteiger partial charge in [-0.25, -0.2) is 0 Å². The predicted molar refractivity (Wildman–Crippen MR) is 99.5 cm³/mol. The largest absolute Gasteiger partial charge is 1.00 e. The molecule has 2 aromatic carbocycles. The minimum absolute atomic E-state index is 0. The summed E-state index contributed by atoms with van der Waals surface area (Å²) in [6.45, 7) is 4.90. The highest BCUT2D eigenvalue weighted by atomic mass is 35.5. The van der Waals surface area contributed by atoms with Crippen molar-refractivity contribution >= 4 is 11.6 Å². The van der Waals surface area contributed by atoms with E-state index in [1.165, 1.54) is 18.4 Å². The van der Waals surface area contributed by atoms with Gasteiger partial charge in [-0.2, -0.15) is 0 Å². The lowest BCUT2D eigenvalue weighted by Crippen LogP contribution is -3.00. The van der Waals surface area contributed by atoms with E-state index < -0.39 is 0 Å². The molecule has 0 radical (unpaired) electrons. The standard InChI is InChI=1S/C20H25ClN2O.2ClH/c21-19-5-1-18(2-6-19)15-24-20-7-3-16(4-8-20)13-23-14-17-9-11-22-12-10-17;;/h1-8,17,22-23H,9-15H2;2*1H/p-2. The second-order valence-corrected chi connectivity index (χ2v) is 6.82. The number of rotatable bonds is 7. The third-order valence-corrected chi connectivity index (χ3v) is 4.71. The molecule has 1 aliphatic heterocycles. The Morgan fingerprint density at radius 2 is 1.54 bits per heavy atom. The first-order valence-corrected chi connectivity index (χ1v) is 9.05. The summed E-state index contributed by atoms with van der Waals surface area (Å²) in [6.07, 6.45) is 2.56. The van der Waals surface area contributed by atoms with Gasteiger partial charge in [-0.1, -0.05) is 35.9 Å². The Morgan fingerprint density at radius 1 is 0.923 bits per heavy atom. The summed E-state index contributed by atoms with van der Waals surface area (Å²) >= 11 is 5.89. The summed E-state index contributed by atoms with van der Waals surface area (Å²) < 4.78 is 5.82. The van der Waals surface area contributed by atoms with Crippen LogP contribution in [0.5, 0.6) is 5.75 Å². The first kappa shape index (κ1) is 23.1. The van der Waals surface area contributed by atoms with Gasteiger partial charge in [0, 0.05) is 11.6 Å². The summed E-state index contributed by atoms with van der Waals surface area (Å²) in [7, 11) is 0. The molecule has 0 saturated carbocycles. The van der Waals surface area contributed by atoms with Crippen LogP contribution in [0.4, 0.5) is 0 Å². The van der Waals surface area contributed by atoms with Crippen LogP contribution in [0.2, 0.25) is 5.02 Å². The van der Waals surface area contributed by atoms with Crippen LogP contribution >= 0.6 is 11.6 Å². The number of hydrogen-bond donors (Lipinski definition) is 2. The maximum atomic E-state index is 5.89. The van der Waals surface area contributed by atoms with E-state index in [1.807, 2.05) is 36.4 Å². The van der Waals surface area contributed by atoms with Gasteiger partial charge in [0.2, 0.25) is 0 Å². The molecule has 3 rings (SSSR count). The van der Waals surface area contributed by atoms with Crippen molar-refractivity contribution in [3.8, 4) is 5.75 Å². The molecule has 0 amide bonds. The van der Waals surface area contributed by atoms with Crippen molar-refractivity contribution in [2.45, 2.75) is 26.0 Å². The molecule has 1 aliphatic rings. The third-order valence-electron chi connectivity index (χ3n) is 4.46. The van der Waals surface area contributed by atoms with E-state index in [4.69, 9.17) is 16.3 Å². The van der Waals surface area contributed by atoms with Crippen LogP contribution < -0.4 is 40.2 Å². The Bertz CT molecular complexity index is 614. The van der Waals surface area contributed by atoms with E-state index >= 15 is 0 Å². The Labute approximate surface area is 173 Å². The zero-order valence-electron chi connectivity index (χ0n) is 14.7. The molecule has 0 aromatic heterocycles. The van der Waals surface area contributed by atoms with Crippen LogP contribution in [0, 0.1) is 5.92 Å². The van der Waals surface area contributed by atoms with Crippen molar-refractivity contribution in [1.82, 2.24) is 10.6 Å². The van der Waals surface area contributed by atoms with Gasteiger partial charge in [-0.15, -0.1) is 0 Å². The van der Waals surface area contributed by atoms with Crippen LogP contribution in [-0.4, -0.2) is 19.6 Å². The highest BCUT2D eigenvalue weighted by Crippen LogP contribution is 2.16. The molecule has 26 heavy (non-hydrogen) atoms. The molecule has 0 unspecified atom stereocenters. The first-order valence-electron chi connectivity index (χ1n) is 8.67. The number of halogens is 3. The van der Waals surface area contributed by atoms with E-state index in [0.717, 1.165) is 48.4 Å². The molecule has 2 aromatic rings. The van der Waals surface area contributed by atoms with Crippen LogP contribution in [0.15, 0.2) is 48.5 Å². The van der Waals surface area contributed by atoms with E-state index in [-0.39, 0.29) is 24.8 Å². The lowest BCUT2D eigenvalue weighted by molar-refractivity contribution is -0.00100. The summed E-state index contributed by atoms with van der Waals surface area (Å²) in [5, 5.41) is 7.73. The maximum Gasteiger partial charge on any atom is 0.119 e. The minimum Gasteiger partial charge on any atom is -1.00 e. The third kappa shape index (κ3) is 7.73. The van der Waals surface area contributed by atoms with Crippen LogP contribution in [0.25, 0.3) is 0 Å². The Balaban J connectivity index is 0.00000169. The lowest BCUT2D eigenvalue weighted by Gasteiger charge is -2.22. The molecule has 6 heteroatoms. The summed E-state index contributed by atoms with van der Waals surface area (Å²) in [5.41, 5.74) is 2.41. The van der Waals surface area contributed by atoms with Crippen molar-refractivity contribution in [1.29, 1.82) is 0 Å². The van der Waals surface area contributed by atoms with Crippen molar-refractivity contribution in [3.63, 3.8) is 0 Å². The molecular weight excluding hydrogens is 391 g/mol. The minimum atomic E-state index is 0. The lowest BCUT2D eigenvalue weighted by atomic mass is 9.98. The molecule has 1 fully saturated rings. The monoisotopic (exact) mass is 414 g/mol. The van der Waals surface area contributed by atoms with Crippen molar-refractivity contribution in [3.05, 3.63) is 64.7 Å². The Kier molecular flexibility index (Phi) is 11.0. The molecule has 0 atom stereocenters. The van der Waals surface area contributed by atoms with Gasteiger partial charge < -0.3 is 40.2 Å². The van der Waals surface area contributed by atoms with E-state index in [0.29, 0.717) is 6.61 Å². The van der Waals surface area contributed by atoms with Gasteiger partial charge in [-0.05, 0) is 73.8 Å². The number of nitrogens with one attached hydrogen (secondary N) is 2. The zero-order chi connectivity index (χ0) is 16.6. The zero-order valence-corrected chi connectivity index (χ0v) is 17.0. The maximum absolute atomic E-state index is 5.89. The summed E-state index contributed by atoms with van der Waals surface area (Å²) in [5.74, 6) is 1.71. The van der Waals surface area contributed by atoms with E-state index in [2.05, 4.69) is 22.8 Å². The average Bonchev–Trinajstić information content (AvgIpc) is 2.63. The normalized spacial score (nSPS) is 14.2. The predicted octanol–water partition coefficient (Wildman–Crippen LogP) is -1.98. The van der Waals surface area contributed by atoms with E-state index in [9.17, 15) is 0 Å².